The summed E-state index contributed by atoms with van der Waals surface area (Å²) >= 11 is 0. The maximum Gasteiger partial charge on any atom is 0.259 e. The highest BCUT2D eigenvalue weighted by Gasteiger charge is 2.23. The van der Waals surface area contributed by atoms with E-state index in [1.807, 2.05) is 42.5 Å². The van der Waals surface area contributed by atoms with E-state index in [0.29, 0.717) is 24.5 Å². The molecule has 0 fully saturated rings. The summed E-state index contributed by atoms with van der Waals surface area (Å²) in [5, 5.41) is 4.31. The number of ether oxygens (including phenoxy) is 1. The number of rotatable bonds is 7. The zero-order valence-corrected chi connectivity index (χ0v) is 16.5. The summed E-state index contributed by atoms with van der Waals surface area (Å²) in [6.45, 7) is 0.746. The molecule has 0 N–H and O–H groups in total. The molecule has 30 heavy (non-hydrogen) atoms. The van der Waals surface area contributed by atoms with E-state index in [-0.39, 0.29) is 11.6 Å². The molecule has 0 aliphatic rings. The Hall–Kier alpha value is -3.87. The van der Waals surface area contributed by atoms with E-state index in [2.05, 4.69) is 5.10 Å². The summed E-state index contributed by atoms with van der Waals surface area (Å²) in [5.74, 6) is 0.584. The molecule has 1 amide bonds. The van der Waals surface area contributed by atoms with Crippen molar-refractivity contribution in [1.29, 1.82) is 0 Å². The quantitative estimate of drug-likeness (QED) is 0.469. The van der Waals surface area contributed by atoms with E-state index < -0.39 is 5.82 Å². The van der Waals surface area contributed by atoms with Gasteiger partial charge in [0.15, 0.2) is 5.82 Å². The van der Waals surface area contributed by atoms with Gasteiger partial charge < -0.3 is 14.2 Å². The Kier molecular flexibility index (Phi) is 5.61. The Balaban J connectivity index is 1.59. The second-order valence-electron chi connectivity index (χ2n) is 6.72. The van der Waals surface area contributed by atoms with Crippen LogP contribution in [0.4, 0.5) is 4.39 Å². The molecule has 0 aliphatic heterocycles. The monoisotopic (exact) mass is 404 g/mol. The molecule has 2 aromatic carbocycles. The molecule has 0 atom stereocenters. The minimum absolute atomic E-state index is 0.224. The Morgan fingerprint density at radius 3 is 2.47 bits per heavy atom. The first kappa shape index (κ1) is 19.4. The van der Waals surface area contributed by atoms with Crippen LogP contribution in [0.5, 0.6) is 5.75 Å². The summed E-state index contributed by atoms with van der Waals surface area (Å²) < 4.78 is 23.3. The molecule has 152 valence electrons. The van der Waals surface area contributed by atoms with Crippen molar-refractivity contribution in [3.8, 4) is 17.3 Å². The van der Waals surface area contributed by atoms with Gasteiger partial charge in [-0.1, -0.05) is 30.3 Å². The molecule has 0 saturated carbocycles. The first-order valence-electron chi connectivity index (χ1n) is 9.55. The topological polar surface area (TPSA) is 52.3 Å². The molecule has 0 radical (unpaired) electrons. The van der Waals surface area contributed by atoms with Crippen molar-refractivity contribution in [3.05, 3.63) is 96.7 Å². The second-order valence-corrected chi connectivity index (χ2v) is 6.72. The Bertz CT molecular complexity index is 1120. The van der Waals surface area contributed by atoms with Gasteiger partial charge in [0.05, 0.1) is 12.7 Å². The van der Waals surface area contributed by atoms with Gasteiger partial charge in [-0.2, -0.15) is 5.10 Å². The average Bonchev–Trinajstić information content (AvgIpc) is 3.44. The van der Waals surface area contributed by atoms with Crippen molar-refractivity contribution in [2.45, 2.75) is 0 Å². The molecule has 0 bridgehead atoms. The van der Waals surface area contributed by atoms with Crippen LogP contribution in [-0.2, 0) is 0 Å². The van der Waals surface area contributed by atoms with Crippen LogP contribution in [0.3, 0.4) is 0 Å². The molecule has 0 spiro atoms. The van der Waals surface area contributed by atoms with E-state index in [1.54, 1.807) is 47.1 Å². The number of halogens is 1. The van der Waals surface area contributed by atoms with Crippen molar-refractivity contribution in [2.75, 3.05) is 20.2 Å². The van der Waals surface area contributed by atoms with Gasteiger partial charge in [-0.05, 0) is 36.4 Å². The van der Waals surface area contributed by atoms with Crippen molar-refractivity contribution < 1.29 is 13.9 Å². The third-order valence-electron chi connectivity index (χ3n) is 4.69. The maximum atomic E-state index is 14.4. The van der Waals surface area contributed by atoms with Crippen LogP contribution in [0.25, 0.3) is 11.5 Å². The third-order valence-corrected chi connectivity index (χ3v) is 4.69. The Morgan fingerprint density at radius 1 is 1.03 bits per heavy atom. The van der Waals surface area contributed by atoms with Crippen molar-refractivity contribution in [3.63, 3.8) is 0 Å². The molecule has 6 nitrogen and oxygen atoms in total. The summed E-state index contributed by atoms with van der Waals surface area (Å²) in [7, 11) is 1.70. The molecule has 7 heteroatoms. The lowest BCUT2D eigenvalue weighted by Crippen LogP contribution is -2.31. The molecular weight excluding hydrogens is 383 g/mol. The predicted octanol–water partition coefficient (Wildman–Crippen LogP) is 3.95. The van der Waals surface area contributed by atoms with Crippen LogP contribution in [0.2, 0.25) is 0 Å². The van der Waals surface area contributed by atoms with Crippen LogP contribution in [0.1, 0.15) is 10.4 Å². The fourth-order valence-corrected chi connectivity index (χ4v) is 3.14. The lowest BCUT2D eigenvalue weighted by Gasteiger charge is -2.18. The molecule has 2 aromatic heterocycles. The highest BCUT2D eigenvalue weighted by molar-refractivity contribution is 5.97. The number of amides is 1. The number of nitrogens with zero attached hydrogens (tertiary/aromatic N) is 4. The average molecular weight is 404 g/mol. The van der Waals surface area contributed by atoms with Crippen LogP contribution in [-0.4, -0.2) is 45.4 Å². The first-order chi connectivity index (χ1) is 14.6. The van der Waals surface area contributed by atoms with Crippen LogP contribution >= 0.6 is 0 Å². The molecule has 2 heterocycles. The smallest absolute Gasteiger partial charge is 0.259 e. The number of likely N-dealkylation sites (N-methyl/N-ethyl adjacent to an activating group) is 1. The fraction of sp³-hybridized carbons (Fsp3) is 0.130. The number of hydrogen-bond acceptors (Lipinski definition) is 3. The number of para-hydroxylation sites is 2. The summed E-state index contributed by atoms with van der Waals surface area (Å²) in [4.78, 5) is 14.7. The minimum Gasteiger partial charge on any atom is -0.492 e. The van der Waals surface area contributed by atoms with E-state index in [1.165, 1.54) is 16.9 Å². The second kappa shape index (κ2) is 8.65. The van der Waals surface area contributed by atoms with Crippen LogP contribution in [0.15, 0.2) is 85.3 Å². The Labute approximate surface area is 173 Å². The van der Waals surface area contributed by atoms with E-state index >= 15 is 0 Å². The van der Waals surface area contributed by atoms with E-state index in [4.69, 9.17) is 4.74 Å². The lowest BCUT2D eigenvalue weighted by atomic mass is 10.2. The maximum absolute atomic E-state index is 14.4. The number of benzene rings is 2. The van der Waals surface area contributed by atoms with Gasteiger partial charge in [-0.3, -0.25) is 4.79 Å². The fourth-order valence-electron chi connectivity index (χ4n) is 3.14. The number of carbonyl (C=O) groups is 1. The highest BCUT2D eigenvalue weighted by atomic mass is 19.1. The van der Waals surface area contributed by atoms with Crippen molar-refractivity contribution in [2.24, 2.45) is 0 Å². The van der Waals surface area contributed by atoms with Gasteiger partial charge in [0.25, 0.3) is 5.91 Å². The van der Waals surface area contributed by atoms with Crippen LogP contribution in [0, 0.1) is 5.82 Å². The predicted molar refractivity (Wildman–Crippen MR) is 112 cm³/mol. The van der Waals surface area contributed by atoms with Crippen molar-refractivity contribution >= 4 is 5.91 Å². The zero-order valence-electron chi connectivity index (χ0n) is 16.5. The summed E-state index contributed by atoms with van der Waals surface area (Å²) in [6, 6.07) is 19.4. The molecular formula is C23H21FN4O2. The third kappa shape index (κ3) is 3.96. The van der Waals surface area contributed by atoms with E-state index in [9.17, 15) is 9.18 Å². The van der Waals surface area contributed by atoms with Gasteiger partial charge in [-0.15, -0.1) is 0 Å². The minimum atomic E-state index is -0.419. The molecule has 4 aromatic rings. The molecule has 4 rings (SSSR count). The van der Waals surface area contributed by atoms with Gasteiger partial charge in [0, 0.05) is 19.4 Å². The highest BCUT2D eigenvalue weighted by Crippen LogP contribution is 2.22. The van der Waals surface area contributed by atoms with E-state index in [0.717, 1.165) is 5.75 Å². The Morgan fingerprint density at radius 2 is 1.73 bits per heavy atom. The SMILES string of the molecule is CN(CCOc1ccccc1)C(=O)c1cnn(-c2ccccc2F)c1-n1cccc1. The van der Waals surface area contributed by atoms with Crippen molar-refractivity contribution in [1.82, 2.24) is 19.2 Å². The normalized spacial score (nSPS) is 10.7. The van der Waals surface area contributed by atoms with Gasteiger partial charge in [0.2, 0.25) is 0 Å². The van der Waals surface area contributed by atoms with Crippen LogP contribution < -0.4 is 4.74 Å². The lowest BCUT2D eigenvalue weighted by molar-refractivity contribution is 0.0773. The standard InChI is InChI=1S/C23H21FN4O2/c1-26(15-16-30-18-9-3-2-4-10-18)23(29)19-17-25-28(21-12-6-5-11-20(21)24)22(19)27-13-7-8-14-27/h2-14,17H,15-16H2,1H3. The largest absolute Gasteiger partial charge is 0.492 e. The van der Waals surface area contributed by atoms with Gasteiger partial charge in [-0.25, -0.2) is 9.07 Å². The number of hydrogen-bond donors (Lipinski definition) is 0. The number of aromatic nitrogens is 3. The summed E-state index contributed by atoms with van der Waals surface area (Å²) in [6.07, 6.45) is 5.06. The van der Waals surface area contributed by atoms with Gasteiger partial charge in [0.1, 0.15) is 29.4 Å². The molecule has 0 saturated heterocycles. The zero-order chi connectivity index (χ0) is 20.9. The molecule has 0 unspecified atom stereocenters. The summed E-state index contributed by atoms with van der Waals surface area (Å²) in [5.41, 5.74) is 0.645. The molecule has 0 aliphatic carbocycles. The first-order valence-corrected chi connectivity index (χ1v) is 9.55. The van der Waals surface area contributed by atoms with Gasteiger partial charge >= 0.3 is 0 Å². The number of carbonyl (C=O) groups excluding carboxylic acids is 1.